The fourth-order valence-electron chi connectivity index (χ4n) is 4.55. The number of nitrogens with zero attached hydrogens (tertiary/aromatic N) is 2. The smallest absolute Gasteiger partial charge is 0.243 e. The second-order valence-corrected chi connectivity index (χ2v) is 10.4. The Kier molecular flexibility index (Phi) is 6.96. The van der Waals surface area contributed by atoms with E-state index in [0.717, 1.165) is 50.1 Å². The monoisotopic (exact) mass is 444 g/mol. The maximum absolute atomic E-state index is 13.1. The van der Waals surface area contributed by atoms with Crippen LogP contribution in [0.1, 0.15) is 31.2 Å². The Bertz CT molecular complexity index is 961. The number of rotatable bonds is 6. The lowest BCUT2D eigenvalue weighted by Crippen LogP contribution is -2.49. The van der Waals surface area contributed by atoms with E-state index in [4.69, 9.17) is 9.47 Å². The summed E-state index contributed by atoms with van der Waals surface area (Å²) in [6.07, 6.45) is 4.25. The fourth-order valence-corrected chi connectivity index (χ4v) is 6.02. The van der Waals surface area contributed by atoms with Crippen LogP contribution in [0.3, 0.4) is 0 Å². The summed E-state index contributed by atoms with van der Waals surface area (Å²) in [5.74, 6) is 1.40. The number of aryl methyl sites for hydroxylation is 1. The van der Waals surface area contributed by atoms with Gasteiger partial charge >= 0.3 is 0 Å². The Morgan fingerprint density at radius 2 is 1.52 bits per heavy atom. The van der Waals surface area contributed by atoms with Crippen LogP contribution in [0.5, 0.6) is 11.5 Å². The van der Waals surface area contributed by atoms with Gasteiger partial charge in [-0.3, -0.25) is 0 Å². The first kappa shape index (κ1) is 22.3. The summed E-state index contributed by atoms with van der Waals surface area (Å²) >= 11 is 0. The minimum absolute atomic E-state index is 0.323. The lowest BCUT2D eigenvalue weighted by atomic mass is 10.00. The predicted molar refractivity (Wildman–Crippen MR) is 121 cm³/mol. The van der Waals surface area contributed by atoms with E-state index in [0.29, 0.717) is 35.9 Å². The standard InChI is InChI=1S/C24H32N2O4S/c1-19-5-3-4-6-24(19)30-22-7-9-23(10-8-22)31(27,28)26-17-11-20(12-18-26)25-15-13-21(29-2)14-16-25/h3-10,20-21H,11-18H2,1-2H3. The third-order valence-electron chi connectivity index (χ3n) is 6.53. The van der Waals surface area contributed by atoms with Crippen LogP contribution in [-0.2, 0) is 14.8 Å². The Hall–Kier alpha value is -1.93. The average molecular weight is 445 g/mol. The van der Waals surface area contributed by atoms with Crippen LogP contribution in [0.4, 0.5) is 0 Å². The van der Waals surface area contributed by atoms with Gasteiger partial charge in [-0.1, -0.05) is 18.2 Å². The molecule has 0 radical (unpaired) electrons. The topological polar surface area (TPSA) is 59.1 Å². The molecule has 0 saturated carbocycles. The number of sulfonamides is 1. The highest BCUT2D eigenvalue weighted by Crippen LogP contribution is 2.28. The van der Waals surface area contributed by atoms with Crippen molar-refractivity contribution in [3.8, 4) is 11.5 Å². The largest absolute Gasteiger partial charge is 0.457 e. The van der Waals surface area contributed by atoms with Gasteiger partial charge in [0.2, 0.25) is 10.0 Å². The highest BCUT2D eigenvalue weighted by Gasteiger charge is 2.33. The lowest BCUT2D eigenvalue weighted by molar-refractivity contribution is 0.0190. The van der Waals surface area contributed by atoms with Crippen LogP contribution < -0.4 is 4.74 Å². The average Bonchev–Trinajstić information content (AvgIpc) is 2.81. The molecule has 2 aromatic carbocycles. The zero-order valence-electron chi connectivity index (χ0n) is 18.4. The Labute approximate surface area is 185 Å². The van der Waals surface area contributed by atoms with Crippen molar-refractivity contribution < 1.29 is 17.9 Å². The quantitative estimate of drug-likeness (QED) is 0.673. The van der Waals surface area contributed by atoms with Crippen molar-refractivity contribution in [1.82, 2.24) is 9.21 Å². The van der Waals surface area contributed by atoms with Crippen molar-refractivity contribution in [3.63, 3.8) is 0 Å². The third-order valence-corrected chi connectivity index (χ3v) is 8.45. The van der Waals surface area contributed by atoms with E-state index in [9.17, 15) is 8.42 Å². The molecule has 2 heterocycles. The molecule has 0 aliphatic carbocycles. The van der Waals surface area contributed by atoms with Gasteiger partial charge in [0.05, 0.1) is 11.0 Å². The number of methoxy groups -OCH3 is 1. The van der Waals surface area contributed by atoms with Crippen molar-refractivity contribution >= 4 is 10.0 Å². The molecule has 0 bridgehead atoms. The molecule has 2 aromatic rings. The van der Waals surface area contributed by atoms with Gasteiger partial charge < -0.3 is 14.4 Å². The van der Waals surface area contributed by atoms with Gasteiger partial charge in [-0.25, -0.2) is 8.42 Å². The molecule has 2 aliphatic rings. The summed E-state index contributed by atoms with van der Waals surface area (Å²) < 4.78 is 39.2. The second kappa shape index (κ2) is 9.69. The minimum atomic E-state index is -3.49. The Morgan fingerprint density at radius 3 is 2.13 bits per heavy atom. The molecule has 2 saturated heterocycles. The first-order valence-corrected chi connectivity index (χ1v) is 12.5. The van der Waals surface area contributed by atoms with Crippen LogP contribution >= 0.6 is 0 Å². The number of hydrogen-bond donors (Lipinski definition) is 0. The van der Waals surface area contributed by atoms with E-state index < -0.39 is 10.0 Å². The number of para-hydroxylation sites is 1. The molecule has 6 nitrogen and oxygen atoms in total. The van der Waals surface area contributed by atoms with E-state index >= 15 is 0 Å². The SMILES string of the molecule is COC1CCN(C2CCN(S(=O)(=O)c3ccc(Oc4ccccc4C)cc3)CC2)CC1. The number of ether oxygens (including phenoxy) is 2. The summed E-state index contributed by atoms with van der Waals surface area (Å²) in [7, 11) is -1.70. The summed E-state index contributed by atoms with van der Waals surface area (Å²) in [5, 5.41) is 0. The van der Waals surface area contributed by atoms with Crippen molar-refractivity contribution in [2.45, 2.75) is 49.6 Å². The number of hydrogen-bond acceptors (Lipinski definition) is 5. The minimum Gasteiger partial charge on any atom is -0.457 e. The Balaban J connectivity index is 1.35. The summed E-state index contributed by atoms with van der Waals surface area (Å²) in [6, 6.07) is 15.0. The summed E-state index contributed by atoms with van der Waals surface area (Å²) in [5.41, 5.74) is 1.04. The molecule has 7 heteroatoms. The van der Waals surface area contributed by atoms with Crippen LogP contribution in [0.15, 0.2) is 53.4 Å². The normalized spacial score (nSPS) is 20.1. The molecule has 0 atom stereocenters. The van der Waals surface area contributed by atoms with E-state index in [-0.39, 0.29) is 0 Å². The molecule has 31 heavy (non-hydrogen) atoms. The van der Waals surface area contributed by atoms with Crippen molar-refractivity contribution in [2.75, 3.05) is 33.3 Å². The zero-order valence-corrected chi connectivity index (χ0v) is 19.2. The first-order valence-electron chi connectivity index (χ1n) is 11.1. The summed E-state index contributed by atoms with van der Waals surface area (Å²) in [6.45, 7) is 5.20. The lowest BCUT2D eigenvalue weighted by Gasteiger charge is -2.41. The van der Waals surface area contributed by atoms with Gasteiger partial charge in [-0.15, -0.1) is 0 Å². The maximum Gasteiger partial charge on any atom is 0.243 e. The van der Waals surface area contributed by atoms with Gasteiger partial charge in [-0.2, -0.15) is 4.31 Å². The van der Waals surface area contributed by atoms with Crippen LogP contribution in [-0.4, -0.2) is 63.1 Å². The maximum atomic E-state index is 13.1. The van der Waals surface area contributed by atoms with Gasteiger partial charge in [0, 0.05) is 39.3 Å². The summed E-state index contributed by atoms with van der Waals surface area (Å²) in [4.78, 5) is 2.83. The van der Waals surface area contributed by atoms with Gasteiger partial charge in [0.15, 0.2) is 0 Å². The number of benzene rings is 2. The number of likely N-dealkylation sites (tertiary alicyclic amines) is 1. The molecule has 0 unspecified atom stereocenters. The molecule has 168 valence electrons. The highest BCUT2D eigenvalue weighted by molar-refractivity contribution is 7.89. The number of piperidine rings is 2. The van der Waals surface area contributed by atoms with Crippen LogP contribution in [0, 0.1) is 6.92 Å². The first-order chi connectivity index (χ1) is 15.0. The van der Waals surface area contributed by atoms with E-state index in [1.165, 1.54) is 0 Å². The van der Waals surface area contributed by atoms with Crippen molar-refractivity contribution in [3.05, 3.63) is 54.1 Å². The molecule has 0 spiro atoms. The third kappa shape index (κ3) is 5.12. The van der Waals surface area contributed by atoms with Crippen molar-refractivity contribution in [2.24, 2.45) is 0 Å². The fraction of sp³-hybridized carbons (Fsp3) is 0.500. The van der Waals surface area contributed by atoms with Crippen LogP contribution in [0.2, 0.25) is 0 Å². The van der Waals surface area contributed by atoms with Gasteiger partial charge in [-0.05, 0) is 68.5 Å². The molecule has 0 amide bonds. The van der Waals surface area contributed by atoms with Gasteiger partial charge in [0.25, 0.3) is 0 Å². The molecule has 0 N–H and O–H groups in total. The zero-order chi connectivity index (χ0) is 21.8. The van der Waals surface area contributed by atoms with Crippen molar-refractivity contribution in [1.29, 1.82) is 0 Å². The van der Waals surface area contributed by atoms with E-state index in [1.54, 1.807) is 35.7 Å². The highest BCUT2D eigenvalue weighted by atomic mass is 32.2. The van der Waals surface area contributed by atoms with Crippen LogP contribution in [0.25, 0.3) is 0 Å². The van der Waals surface area contributed by atoms with E-state index in [1.807, 2.05) is 31.2 Å². The molecular weight excluding hydrogens is 412 g/mol. The second-order valence-electron chi connectivity index (χ2n) is 8.45. The van der Waals surface area contributed by atoms with Gasteiger partial charge in [0.1, 0.15) is 11.5 Å². The molecule has 0 aromatic heterocycles. The molecule has 2 fully saturated rings. The molecular formula is C24H32N2O4S. The predicted octanol–water partition coefficient (Wildman–Crippen LogP) is 4.05. The Morgan fingerprint density at radius 1 is 0.871 bits per heavy atom. The molecule has 4 rings (SSSR count). The molecule has 2 aliphatic heterocycles. The van der Waals surface area contributed by atoms with E-state index in [2.05, 4.69) is 4.90 Å².